The van der Waals surface area contributed by atoms with E-state index in [0.717, 1.165) is 17.0 Å². The molecule has 0 bridgehead atoms. The molecule has 1 aromatic heterocycles. The Labute approximate surface area is 106 Å². The second-order valence-corrected chi connectivity index (χ2v) is 4.34. The van der Waals surface area contributed by atoms with Gasteiger partial charge in [0.15, 0.2) is 0 Å². The highest BCUT2D eigenvalue weighted by Crippen LogP contribution is 2.25. The van der Waals surface area contributed by atoms with E-state index < -0.39 is 0 Å². The summed E-state index contributed by atoms with van der Waals surface area (Å²) in [6.07, 6.45) is 1.64. The maximum Gasteiger partial charge on any atom is 0.127 e. The van der Waals surface area contributed by atoms with E-state index in [2.05, 4.69) is 5.32 Å². The molecule has 1 unspecified atom stereocenters. The first-order chi connectivity index (χ1) is 8.20. The molecule has 0 saturated heterocycles. The Kier molecular flexibility index (Phi) is 3.71. The number of rotatable bonds is 4. The molecule has 3 nitrogen and oxygen atoms in total. The molecule has 3 N–H and O–H groups in total. The average Bonchev–Trinajstić information content (AvgIpc) is 2.84. The van der Waals surface area contributed by atoms with Crippen LogP contribution in [0.25, 0.3) is 0 Å². The Morgan fingerprint density at radius 1 is 1.41 bits per heavy atom. The molecule has 90 valence electrons. The molecule has 1 heterocycles. The zero-order valence-corrected chi connectivity index (χ0v) is 10.4. The molecule has 0 spiro atoms. The molecule has 0 fully saturated rings. The Morgan fingerprint density at radius 3 is 2.88 bits per heavy atom. The van der Waals surface area contributed by atoms with Gasteiger partial charge in [-0.3, -0.25) is 0 Å². The van der Waals surface area contributed by atoms with Gasteiger partial charge in [-0.1, -0.05) is 17.7 Å². The number of halogens is 1. The zero-order valence-electron chi connectivity index (χ0n) is 9.61. The van der Waals surface area contributed by atoms with Gasteiger partial charge in [0.05, 0.1) is 12.3 Å². The Balaban J connectivity index is 2.21. The first-order valence-electron chi connectivity index (χ1n) is 5.47. The Morgan fingerprint density at radius 2 is 2.24 bits per heavy atom. The summed E-state index contributed by atoms with van der Waals surface area (Å²) >= 11 is 5.97. The molecule has 2 aromatic rings. The van der Waals surface area contributed by atoms with Crippen molar-refractivity contribution < 1.29 is 4.42 Å². The highest BCUT2D eigenvalue weighted by atomic mass is 35.5. The molecule has 0 aliphatic rings. The second kappa shape index (κ2) is 5.25. The van der Waals surface area contributed by atoms with E-state index >= 15 is 0 Å². The Bertz CT molecular complexity index is 482. The molecule has 0 aliphatic heterocycles. The van der Waals surface area contributed by atoms with Gasteiger partial charge in [0.1, 0.15) is 5.76 Å². The first kappa shape index (κ1) is 12.0. The lowest BCUT2D eigenvalue weighted by molar-refractivity contribution is 0.481. The first-order valence-corrected chi connectivity index (χ1v) is 5.84. The number of nitrogens with one attached hydrogen (secondary N) is 1. The molecule has 0 saturated carbocycles. The zero-order chi connectivity index (χ0) is 12.3. The second-order valence-electron chi connectivity index (χ2n) is 3.91. The van der Waals surface area contributed by atoms with Crippen molar-refractivity contribution in [1.82, 2.24) is 0 Å². The average molecular weight is 251 g/mol. The smallest absolute Gasteiger partial charge is 0.127 e. The van der Waals surface area contributed by atoms with Gasteiger partial charge < -0.3 is 15.5 Å². The van der Waals surface area contributed by atoms with Crippen molar-refractivity contribution in [2.75, 3.05) is 11.9 Å². The summed E-state index contributed by atoms with van der Waals surface area (Å²) in [6, 6.07) is 9.45. The summed E-state index contributed by atoms with van der Waals surface area (Å²) in [6.45, 7) is 2.48. The molecule has 1 atom stereocenters. The van der Waals surface area contributed by atoms with Gasteiger partial charge in [-0.15, -0.1) is 0 Å². The predicted octanol–water partition coefficient (Wildman–Crippen LogP) is 3.35. The number of anilines is 1. The highest BCUT2D eigenvalue weighted by Gasteiger charge is 2.13. The van der Waals surface area contributed by atoms with Crippen LogP contribution in [0.15, 0.2) is 41.0 Å². The molecule has 0 amide bonds. The van der Waals surface area contributed by atoms with E-state index in [9.17, 15) is 0 Å². The lowest BCUT2D eigenvalue weighted by Crippen LogP contribution is -2.20. The highest BCUT2D eigenvalue weighted by molar-refractivity contribution is 6.30. The number of hydrogen-bond donors (Lipinski definition) is 2. The molecule has 4 heteroatoms. The maximum absolute atomic E-state index is 5.97. The largest absolute Gasteiger partial charge is 0.467 e. The minimum atomic E-state index is -0.0397. The fourth-order valence-corrected chi connectivity index (χ4v) is 1.85. The normalized spacial score (nSPS) is 12.4. The van der Waals surface area contributed by atoms with Crippen LogP contribution in [0, 0.1) is 6.92 Å². The van der Waals surface area contributed by atoms with Crippen LogP contribution in [0.3, 0.4) is 0 Å². The lowest BCUT2D eigenvalue weighted by atomic mass is 10.1. The third kappa shape index (κ3) is 2.81. The van der Waals surface area contributed by atoms with Crippen LogP contribution in [-0.2, 0) is 0 Å². The number of benzene rings is 1. The fraction of sp³-hybridized carbons (Fsp3) is 0.231. The molecular weight excluding hydrogens is 236 g/mol. The number of furan rings is 1. The summed E-state index contributed by atoms with van der Waals surface area (Å²) in [7, 11) is 0. The summed E-state index contributed by atoms with van der Waals surface area (Å²) in [5.74, 6) is 0.826. The van der Waals surface area contributed by atoms with E-state index in [1.165, 1.54) is 0 Å². The van der Waals surface area contributed by atoms with Crippen molar-refractivity contribution in [2.45, 2.75) is 13.0 Å². The van der Waals surface area contributed by atoms with Gasteiger partial charge in [-0.25, -0.2) is 0 Å². The molecule has 2 rings (SSSR count). The molecule has 0 aliphatic carbocycles. The van der Waals surface area contributed by atoms with E-state index in [0.29, 0.717) is 11.6 Å². The minimum Gasteiger partial charge on any atom is -0.467 e. The summed E-state index contributed by atoms with van der Waals surface area (Å²) in [5.41, 5.74) is 7.85. The van der Waals surface area contributed by atoms with Crippen LogP contribution in [0.4, 0.5) is 5.69 Å². The monoisotopic (exact) mass is 250 g/mol. The maximum atomic E-state index is 5.97. The van der Waals surface area contributed by atoms with Gasteiger partial charge >= 0.3 is 0 Å². The number of nitrogens with two attached hydrogens (primary N) is 1. The van der Waals surface area contributed by atoms with Gasteiger partial charge in [-0.2, -0.15) is 0 Å². The predicted molar refractivity (Wildman–Crippen MR) is 70.3 cm³/mol. The van der Waals surface area contributed by atoms with Crippen molar-refractivity contribution in [1.29, 1.82) is 0 Å². The standard InChI is InChI=1S/C13H15ClN2O/c1-9-4-5-10(14)7-11(9)16-12(8-15)13-3-2-6-17-13/h2-7,12,16H,8,15H2,1H3. The van der Waals surface area contributed by atoms with E-state index in [-0.39, 0.29) is 6.04 Å². The number of aryl methyl sites for hydroxylation is 1. The summed E-state index contributed by atoms with van der Waals surface area (Å²) < 4.78 is 5.35. The van der Waals surface area contributed by atoms with E-state index in [4.69, 9.17) is 21.8 Å². The van der Waals surface area contributed by atoms with Crippen LogP contribution in [0.1, 0.15) is 17.4 Å². The van der Waals surface area contributed by atoms with Crippen LogP contribution in [-0.4, -0.2) is 6.54 Å². The van der Waals surface area contributed by atoms with Crippen molar-refractivity contribution >= 4 is 17.3 Å². The van der Waals surface area contributed by atoms with Gasteiger partial charge in [0, 0.05) is 17.3 Å². The van der Waals surface area contributed by atoms with Gasteiger partial charge in [-0.05, 0) is 36.8 Å². The molecule has 1 aromatic carbocycles. The van der Waals surface area contributed by atoms with Gasteiger partial charge in [0.2, 0.25) is 0 Å². The fourth-order valence-electron chi connectivity index (χ4n) is 1.67. The van der Waals surface area contributed by atoms with Crippen LogP contribution in [0.5, 0.6) is 0 Å². The van der Waals surface area contributed by atoms with Gasteiger partial charge in [0.25, 0.3) is 0 Å². The minimum absolute atomic E-state index is 0.0397. The third-order valence-electron chi connectivity index (χ3n) is 2.65. The van der Waals surface area contributed by atoms with Crippen molar-refractivity contribution in [3.8, 4) is 0 Å². The molecule has 17 heavy (non-hydrogen) atoms. The van der Waals surface area contributed by atoms with E-state index in [1.807, 2.05) is 37.3 Å². The Hall–Kier alpha value is -1.45. The van der Waals surface area contributed by atoms with E-state index in [1.54, 1.807) is 6.26 Å². The molecular formula is C13H15ClN2O. The third-order valence-corrected chi connectivity index (χ3v) is 2.89. The quantitative estimate of drug-likeness (QED) is 0.875. The topological polar surface area (TPSA) is 51.2 Å². The number of hydrogen-bond acceptors (Lipinski definition) is 3. The van der Waals surface area contributed by atoms with Crippen LogP contribution >= 0.6 is 11.6 Å². The lowest BCUT2D eigenvalue weighted by Gasteiger charge is -2.17. The SMILES string of the molecule is Cc1ccc(Cl)cc1NC(CN)c1ccco1. The van der Waals surface area contributed by atoms with Crippen molar-refractivity contribution in [2.24, 2.45) is 5.73 Å². The van der Waals surface area contributed by atoms with Crippen molar-refractivity contribution in [3.63, 3.8) is 0 Å². The summed E-state index contributed by atoms with van der Waals surface area (Å²) in [4.78, 5) is 0. The molecule has 0 radical (unpaired) electrons. The van der Waals surface area contributed by atoms with Crippen molar-refractivity contribution in [3.05, 3.63) is 52.9 Å². The van der Waals surface area contributed by atoms with Crippen LogP contribution in [0.2, 0.25) is 5.02 Å². The van der Waals surface area contributed by atoms with Crippen LogP contribution < -0.4 is 11.1 Å². The summed E-state index contributed by atoms with van der Waals surface area (Å²) in [5, 5.41) is 4.04.